The van der Waals surface area contributed by atoms with Gasteiger partial charge in [-0.2, -0.15) is 0 Å². The molecule has 2 saturated carbocycles. The number of carbonyl (C=O) groups excluding carboxylic acids is 1. The van der Waals surface area contributed by atoms with Crippen molar-refractivity contribution in [2.75, 3.05) is 0 Å². The summed E-state index contributed by atoms with van der Waals surface area (Å²) < 4.78 is 12.2. The van der Waals surface area contributed by atoms with Crippen molar-refractivity contribution in [3.05, 3.63) is 0 Å². The smallest absolute Gasteiger partial charge is 0.428 e. The van der Waals surface area contributed by atoms with Gasteiger partial charge in [0.05, 0.1) is 0 Å². The first kappa shape index (κ1) is 21.6. The van der Waals surface area contributed by atoms with Crippen molar-refractivity contribution in [3.63, 3.8) is 0 Å². The van der Waals surface area contributed by atoms with Gasteiger partial charge in [-0.25, -0.2) is 4.79 Å². The Balaban J connectivity index is 2.12. The standard InChI is InChI=1S/C23H42O3/c1-9-22(13-17(3)11-20(5,6)15-22)25-19(24)26-23(10-2)14-18(4)12-21(7,8)16-23/h17-18H,9-16H2,1-8H3. The molecule has 0 aromatic heterocycles. The van der Waals surface area contributed by atoms with Gasteiger partial charge in [-0.05, 0) is 74.0 Å². The Bertz CT molecular complexity index is 466. The van der Waals surface area contributed by atoms with Crippen molar-refractivity contribution in [2.24, 2.45) is 22.7 Å². The van der Waals surface area contributed by atoms with E-state index < -0.39 is 6.16 Å². The number of ether oxygens (including phenoxy) is 2. The molecule has 3 heteroatoms. The quantitative estimate of drug-likeness (QED) is 0.496. The van der Waals surface area contributed by atoms with E-state index >= 15 is 0 Å². The van der Waals surface area contributed by atoms with Gasteiger partial charge in [-0.15, -0.1) is 0 Å². The van der Waals surface area contributed by atoms with E-state index in [1.807, 2.05) is 0 Å². The number of carbonyl (C=O) groups is 1. The maximum absolute atomic E-state index is 12.9. The van der Waals surface area contributed by atoms with Gasteiger partial charge in [-0.1, -0.05) is 55.4 Å². The molecule has 2 fully saturated rings. The van der Waals surface area contributed by atoms with Crippen LogP contribution in [0.15, 0.2) is 0 Å². The van der Waals surface area contributed by atoms with Gasteiger partial charge in [0.25, 0.3) is 0 Å². The molecule has 4 atom stereocenters. The van der Waals surface area contributed by atoms with E-state index in [2.05, 4.69) is 55.4 Å². The molecule has 0 radical (unpaired) electrons. The number of hydrogen-bond donors (Lipinski definition) is 0. The maximum Gasteiger partial charge on any atom is 0.509 e. The van der Waals surface area contributed by atoms with Crippen LogP contribution in [0.1, 0.15) is 107 Å². The summed E-state index contributed by atoms with van der Waals surface area (Å²) in [4.78, 5) is 12.9. The minimum Gasteiger partial charge on any atom is -0.428 e. The fraction of sp³-hybridized carbons (Fsp3) is 0.957. The third kappa shape index (κ3) is 5.16. The summed E-state index contributed by atoms with van der Waals surface area (Å²) in [7, 11) is 0. The van der Waals surface area contributed by atoms with Crippen molar-refractivity contribution >= 4 is 6.16 Å². The van der Waals surface area contributed by atoms with Crippen LogP contribution in [0.5, 0.6) is 0 Å². The van der Waals surface area contributed by atoms with Crippen LogP contribution in [0.4, 0.5) is 4.79 Å². The third-order valence-electron chi connectivity index (χ3n) is 6.73. The molecular weight excluding hydrogens is 324 g/mol. The lowest BCUT2D eigenvalue weighted by atomic mass is 9.65. The van der Waals surface area contributed by atoms with Crippen LogP contribution in [0.3, 0.4) is 0 Å². The average Bonchev–Trinajstić information content (AvgIpc) is 2.42. The Labute approximate surface area is 161 Å². The Kier molecular flexibility index (Phi) is 6.10. The monoisotopic (exact) mass is 366 g/mol. The highest BCUT2D eigenvalue weighted by atomic mass is 16.7. The first-order valence-corrected chi connectivity index (χ1v) is 10.8. The van der Waals surface area contributed by atoms with Crippen LogP contribution in [-0.2, 0) is 9.47 Å². The summed E-state index contributed by atoms with van der Waals surface area (Å²) in [5, 5.41) is 0. The zero-order chi connectivity index (χ0) is 19.8. The Morgan fingerprint density at radius 3 is 1.38 bits per heavy atom. The number of rotatable bonds is 4. The lowest BCUT2D eigenvalue weighted by Crippen LogP contribution is -2.49. The Morgan fingerprint density at radius 2 is 1.12 bits per heavy atom. The highest BCUT2D eigenvalue weighted by Crippen LogP contribution is 2.49. The van der Waals surface area contributed by atoms with Crippen LogP contribution >= 0.6 is 0 Å². The maximum atomic E-state index is 12.9. The lowest BCUT2D eigenvalue weighted by Gasteiger charge is -2.48. The molecule has 0 N–H and O–H groups in total. The van der Waals surface area contributed by atoms with Crippen LogP contribution in [0.2, 0.25) is 0 Å². The summed E-state index contributed by atoms with van der Waals surface area (Å²) in [5.74, 6) is 1.14. The molecule has 152 valence electrons. The summed E-state index contributed by atoms with van der Waals surface area (Å²) in [6, 6.07) is 0. The molecule has 0 amide bonds. The fourth-order valence-corrected chi connectivity index (χ4v) is 6.55. The molecular formula is C23H42O3. The molecule has 26 heavy (non-hydrogen) atoms. The van der Waals surface area contributed by atoms with E-state index in [0.29, 0.717) is 11.8 Å². The average molecular weight is 367 g/mol. The van der Waals surface area contributed by atoms with Gasteiger partial charge in [0.2, 0.25) is 0 Å². The minimum atomic E-state index is -0.441. The number of hydrogen-bond acceptors (Lipinski definition) is 3. The minimum absolute atomic E-state index is 0.206. The highest BCUT2D eigenvalue weighted by Gasteiger charge is 2.48. The molecule has 0 heterocycles. The van der Waals surface area contributed by atoms with Gasteiger partial charge < -0.3 is 9.47 Å². The second kappa shape index (κ2) is 7.36. The Morgan fingerprint density at radius 1 is 0.769 bits per heavy atom. The predicted molar refractivity (Wildman–Crippen MR) is 107 cm³/mol. The van der Waals surface area contributed by atoms with Gasteiger partial charge in [0.1, 0.15) is 11.2 Å². The van der Waals surface area contributed by atoms with Gasteiger partial charge >= 0.3 is 6.16 Å². The van der Waals surface area contributed by atoms with Crippen molar-refractivity contribution in [3.8, 4) is 0 Å². The summed E-state index contributed by atoms with van der Waals surface area (Å²) in [5.41, 5.74) is -0.332. The van der Waals surface area contributed by atoms with Crippen LogP contribution in [-0.4, -0.2) is 17.4 Å². The van der Waals surface area contributed by atoms with Gasteiger partial charge in [0.15, 0.2) is 0 Å². The van der Waals surface area contributed by atoms with Crippen LogP contribution in [0.25, 0.3) is 0 Å². The molecule has 0 bridgehead atoms. The molecule has 2 rings (SSSR count). The van der Waals surface area contributed by atoms with E-state index in [1.54, 1.807) is 0 Å². The van der Waals surface area contributed by atoms with E-state index in [-0.39, 0.29) is 22.0 Å². The predicted octanol–water partition coefficient (Wildman–Crippen LogP) is 7.13. The molecule has 0 aliphatic heterocycles. The first-order chi connectivity index (χ1) is 11.8. The second-order valence-electron chi connectivity index (χ2n) is 11.2. The van der Waals surface area contributed by atoms with E-state index in [9.17, 15) is 4.79 Å². The van der Waals surface area contributed by atoms with Crippen molar-refractivity contribution < 1.29 is 14.3 Å². The normalized spacial score (nSPS) is 39.2. The molecule has 0 aromatic rings. The Hall–Kier alpha value is -0.730. The van der Waals surface area contributed by atoms with Gasteiger partial charge in [0, 0.05) is 0 Å². The molecule has 4 unspecified atom stereocenters. The van der Waals surface area contributed by atoms with E-state index in [0.717, 1.165) is 38.5 Å². The zero-order valence-corrected chi connectivity index (χ0v) is 18.5. The van der Waals surface area contributed by atoms with Crippen molar-refractivity contribution in [2.45, 2.75) is 118 Å². The zero-order valence-electron chi connectivity index (χ0n) is 18.5. The van der Waals surface area contributed by atoms with Crippen LogP contribution < -0.4 is 0 Å². The third-order valence-corrected chi connectivity index (χ3v) is 6.73. The summed E-state index contributed by atoms with van der Waals surface area (Å²) in [6.07, 6.45) is 7.41. The van der Waals surface area contributed by atoms with E-state index in [1.165, 1.54) is 12.8 Å². The van der Waals surface area contributed by atoms with E-state index in [4.69, 9.17) is 9.47 Å². The fourth-order valence-electron chi connectivity index (χ4n) is 6.55. The van der Waals surface area contributed by atoms with Crippen LogP contribution in [0, 0.1) is 22.7 Å². The van der Waals surface area contributed by atoms with Crippen molar-refractivity contribution in [1.82, 2.24) is 0 Å². The molecule has 0 saturated heterocycles. The molecule has 3 nitrogen and oxygen atoms in total. The van der Waals surface area contributed by atoms with Crippen molar-refractivity contribution in [1.29, 1.82) is 0 Å². The highest BCUT2D eigenvalue weighted by molar-refractivity contribution is 5.61. The topological polar surface area (TPSA) is 35.5 Å². The molecule has 0 aromatic carbocycles. The molecule has 2 aliphatic rings. The largest absolute Gasteiger partial charge is 0.509 e. The lowest BCUT2D eigenvalue weighted by molar-refractivity contribution is -0.138. The molecule has 0 spiro atoms. The SMILES string of the molecule is CCC1(OC(=O)OC2(CC)CC(C)CC(C)(C)C2)CC(C)CC(C)(C)C1. The van der Waals surface area contributed by atoms with Gasteiger partial charge in [-0.3, -0.25) is 0 Å². The molecule has 2 aliphatic carbocycles. The summed E-state index contributed by atoms with van der Waals surface area (Å²) >= 11 is 0. The second-order valence-corrected chi connectivity index (χ2v) is 11.2. The first-order valence-electron chi connectivity index (χ1n) is 10.8. The summed E-state index contributed by atoms with van der Waals surface area (Å²) in [6.45, 7) is 18.0.